The summed E-state index contributed by atoms with van der Waals surface area (Å²) in [7, 11) is 1.90. The number of benzene rings is 2. The maximum absolute atomic E-state index is 6.23. The van der Waals surface area contributed by atoms with Gasteiger partial charge in [-0.3, -0.25) is 0 Å². The van der Waals surface area contributed by atoms with E-state index in [2.05, 4.69) is 5.32 Å². The molecule has 2 aromatic rings. The molecule has 0 saturated heterocycles. The highest BCUT2D eigenvalue weighted by molar-refractivity contribution is 6.36. The van der Waals surface area contributed by atoms with Crippen molar-refractivity contribution in [2.24, 2.45) is 0 Å². The van der Waals surface area contributed by atoms with Gasteiger partial charge < -0.3 is 5.32 Å². The average Bonchev–Trinajstić information content (AvgIpc) is 2.45. The van der Waals surface area contributed by atoms with Crippen molar-refractivity contribution >= 4 is 46.4 Å². The van der Waals surface area contributed by atoms with E-state index in [1.165, 1.54) is 0 Å². The molecule has 112 valence electrons. The summed E-state index contributed by atoms with van der Waals surface area (Å²) >= 11 is 24.9. The van der Waals surface area contributed by atoms with Gasteiger partial charge in [-0.25, -0.2) is 0 Å². The molecule has 0 aliphatic heterocycles. The molecule has 2 aromatic carbocycles. The van der Waals surface area contributed by atoms with Gasteiger partial charge in [0.2, 0.25) is 0 Å². The van der Waals surface area contributed by atoms with Gasteiger partial charge in [0.1, 0.15) is 0 Å². The van der Waals surface area contributed by atoms with Crippen LogP contribution in [0.15, 0.2) is 36.4 Å². The molecule has 1 nitrogen and oxygen atoms in total. The Balaban J connectivity index is 2.21. The standard InChI is InChI=1S/C16H15Cl4N/c1-21-10(8-11-13(17)4-2-5-14(11)18)9-12-15(19)6-3-7-16(12)20/h2-7,10,21H,8-9H2,1H3. The quantitative estimate of drug-likeness (QED) is 0.722. The molecule has 0 unspecified atom stereocenters. The first-order valence-corrected chi connectivity index (χ1v) is 8.07. The molecular formula is C16H15Cl4N. The van der Waals surface area contributed by atoms with Crippen LogP contribution < -0.4 is 5.32 Å². The third-order valence-corrected chi connectivity index (χ3v) is 4.85. The Morgan fingerprint density at radius 2 is 1.10 bits per heavy atom. The monoisotopic (exact) mass is 361 g/mol. The lowest BCUT2D eigenvalue weighted by Crippen LogP contribution is -2.30. The molecule has 5 heteroatoms. The number of likely N-dealkylation sites (N-methyl/N-ethyl adjacent to an activating group) is 1. The van der Waals surface area contributed by atoms with Gasteiger partial charge in [0.15, 0.2) is 0 Å². The Morgan fingerprint density at radius 1 is 0.762 bits per heavy atom. The van der Waals surface area contributed by atoms with Crippen LogP contribution >= 0.6 is 46.4 Å². The lowest BCUT2D eigenvalue weighted by Gasteiger charge is -2.19. The second-order valence-corrected chi connectivity index (χ2v) is 6.42. The number of halogens is 4. The van der Waals surface area contributed by atoms with E-state index in [1.54, 1.807) is 0 Å². The summed E-state index contributed by atoms with van der Waals surface area (Å²) in [5.41, 5.74) is 1.87. The fraction of sp³-hybridized carbons (Fsp3) is 0.250. The SMILES string of the molecule is CNC(Cc1c(Cl)cccc1Cl)Cc1c(Cl)cccc1Cl. The van der Waals surface area contributed by atoms with E-state index in [1.807, 2.05) is 43.4 Å². The first kappa shape index (κ1) is 16.9. The molecule has 21 heavy (non-hydrogen) atoms. The van der Waals surface area contributed by atoms with Crippen molar-refractivity contribution in [2.45, 2.75) is 18.9 Å². The van der Waals surface area contributed by atoms with Crippen molar-refractivity contribution in [3.8, 4) is 0 Å². The van der Waals surface area contributed by atoms with Crippen molar-refractivity contribution in [1.29, 1.82) is 0 Å². The highest BCUT2D eigenvalue weighted by Crippen LogP contribution is 2.29. The van der Waals surface area contributed by atoms with E-state index >= 15 is 0 Å². The molecule has 0 saturated carbocycles. The van der Waals surface area contributed by atoms with E-state index < -0.39 is 0 Å². The first-order chi connectivity index (χ1) is 10.0. The van der Waals surface area contributed by atoms with Gasteiger partial charge >= 0.3 is 0 Å². The molecule has 0 heterocycles. The number of rotatable bonds is 5. The topological polar surface area (TPSA) is 12.0 Å². The van der Waals surface area contributed by atoms with Gasteiger partial charge in [0, 0.05) is 26.1 Å². The van der Waals surface area contributed by atoms with Crippen molar-refractivity contribution in [3.05, 3.63) is 67.6 Å². The Morgan fingerprint density at radius 3 is 1.38 bits per heavy atom. The molecule has 2 rings (SSSR count). The smallest absolute Gasteiger partial charge is 0.0453 e. The lowest BCUT2D eigenvalue weighted by molar-refractivity contribution is 0.557. The molecule has 0 aromatic heterocycles. The normalized spacial score (nSPS) is 11.1. The van der Waals surface area contributed by atoms with Crippen LogP contribution in [0.2, 0.25) is 20.1 Å². The Bertz CT molecular complexity index is 534. The van der Waals surface area contributed by atoms with E-state index in [-0.39, 0.29) is 6.04 Å². The number of hydrogen-bond acceptors (Lipinski definition) is 1. The molecule has 0 fully saturated rings. The largest absolute Gasteiger partial charge is 0.316 e. The highest BCUT2D eigenvalue weighted by atomic mass is 35.5. The Labute approximate surface area is 145 Å². The molecule has 0 spiro atoms. The summed E-state index contributed by atoms with van der Waals surface area (Å²) in [5.74, 6) is 0. The maximum atomic E-state index is 6.23. The van der Waals surface area contributed by atoms with Crippen molar-refractivity contribution in [2.75, 3.05) is 7.05 Å². The number of nitrogens with one attached hydrogen (secondary N) is 1. The van der Waals surface area contributed by atoms with E-state index in [4.69, 9.17) is 46.4 Å². The fourth-order valence-electron chi connectivity index (χ4n) is 2.22. The van der Waals surface area contributed by atoms with Crippen LogP contribution in [0.1, 0.15) is 11.1 Å². The van der Waals surface area contributed by atoms with Gasteiger partial charge in [-0.1, -0.05) is 58.5 Å². The van der Waals surface area contributed by atoms with Gasteiger partial charge in [-0.05, 0) is 55.3 Å². The van der Waals surface area contributed by atoms with E-state index in [9.17, 15) is 0 Å². The molecule has 1 N–H and O–H groups in total. The molecule has 0 aliphatic carbocycles. The van der Waals surface area contributed by atoms with Crippen molar-refractivity contribution in [1.82, 2.24) is 5.32 Å². The van der Waals surface area contributed by atoms with Crippen LogP contribution in [0.4, 0.5) is 0 Å². The molecule has 0 aliphatic rings. The van der Waals surface area contributed by atoms with Crippen LogP contribution in [0.25, 0.3) is 0 Å². The first-order valence-electron chi connectivity index (χ1n) is 6.56. The Kier molecular flexibility index (Phi) is 6.21. The molecule has 0 atom stereocenters. The van der Waals surface area contributed by atoms with Crippen LogP contribution in [-0.4, -0.2) is 13.1 Å². The third-order valence-electron chi connectivity index (χ3n) is 3.43. The average molecular weight is 363 g/mol. The minimum Gasteiger partial charge on any atom is -0.316 e. The highest BCUT2D eigenvalue weighted by Gasteiger charge is 2.16. The summed E-state index contributed by atoms with van der Waals surface area (Å²) in [5, 5.41) is 5.97. The van der Waals surface area contributed by atoms with Crippen LogP contribution in [0.3, 0.4) is 0 Å². The molecule has 0 radical (unpaired) electrons. The molecule has 0 bridgehead atoms. The minimum atomic E-state index is 0.139. The van der Waals surface area contributed by atoms with Gasteiger partial charge in [0.25, 0.3) is 0 Å². The summed E-state index contributed by atoms with van der Waals surface area (Å²) < 4.78 is 0. The third kappa shape index (κ3) is 4.28. The van der Waals surface area contributed by atoms with Crippen LogP contribution in [-0.2, 0) is 12.8 Å². The van der Waals surface area contributed by atoms with E-state index in [0.29, 0.717) is 32.9 Å². The second kappa shape index (κ2) is 7.71. The minimum absolute atomic E-state index is 0.139. The molecular weight excluding hydrogens is 348 g/mol. The maximum Gasteiger partial charge on any atom is 0.0453 e. The summed E-state index contributed by atoms with van der Waals surface area (Å²) in [6.45, 7) is 0. The predicted molar refractivity (Wildman–Crippen MR) is 93.2 cm³/mol. The lowest BCUT2D eigenvalue weighted by atomic mass is 9.99. The summed E-state index contributed by atoms with van der Waals surface area (Å²) in [6, 6.07) is 11.2. The van der Waals surface area contributed by atoms with E-state index in [0.717, 1.165) is 11.1 Å². The van der Waals surface area contributed by atoms with Gasteiger partial charge in [-0.15, -0.1) is 0 Å². The van der Waals surface area contributed by atoms with Crippen LogP contribution in [0.5, 0.6) is 0 Å². The van der Waals surface area contributed by atoms with Crippen molar-refractivity contribution in [3.63, 3.8) is 0 Å². The van der Waals surface area contributed by atoms with Crippen LogP contribution in [0, 0.1) is 0 Å². The Hall–Kier alpha value is -0.440. The van der Waals surface area contributed by atoms with Gasteiger partial charge in [0.05, 0.1) is 0 Å². The summed E-state index contributed by atoms with van der Waals surface area (Å²) in [4.78, 5) is 0. The molecule has 0 amide bonds. The van der Waals surface area contributed by atoms with Gasteiger partial charge in [-0.2, -0.15) is 0 Å². The number of hydrogen-bond donors (Lipinski definition) is 1. The second-order valence-electron chi connectivity index (χ2n) is 4.79. The zero-order valence-corrected chi connectivity index (χ0v) is 14.5. The fourth-order valence-corrected chi connectivity index (χ4v) is 3.33. The predicted octanol–water partition coefficient (Wildman–Crippen LogP) is 5.67. The van der Waals surface area contributed by atoms with Crippen molar-refractivity contribution < 1.29 is 0 Å². The zero-order chi connectivity index (χ0) is 15.4. The summed E-state index contributed by atoms with van der Waals surface area (Å²) in [6.07, 6.45) is 1.41. The zero-order valence-electron chi connectivity index (χ0n) is 11.5.